The Morgan fingerprint density at radius 2 is 2.24 bits per heavy atom. The molecule has 5 nitrogen and oxygen atoms in total. The van der Waals surface area contributed by atoms with Crippen molar-refractivity contribution in [1.82, 2.24) is 15.1 Å². The lowest BCUT2D eigenvalue weighted by Crippen LogP contribution is -2.45. The van der Waals surface area contributed by atoms with Crippen LogP contribution in [0.3, 0.4) is 0 Å². The lowest BCUT2D eigenvalue weighted by molar-refractivity contribution is 0.162. The average Bonchev–Trinajstić information content (AvgIpc) is 2.76. The van der Waals surface area contributed by atoms with Crippen molar-refractivity contribution in [2.45, 2.75) is 58.9 Å². The fourth-order valence-electron chi connectivity index (χ4n) is 3.28. The smallest absolute Gasteiger partial charge is 0.407 e. The van der Waals surface area contributed by atoms with Crippen LogP contribution in [0.15, 0.2) is 6.20 Å². The zero-order valence-corrected chi connectivity index (χ0v) is 13.6. The summed E-state index contributed by atoms with van der Waals surface area (Å²) in [4.78, 5) is 12.1. The van der Waals surface area contributed by atoms with Crippen LogP contribution in [-0.2, 0) is 7.05 Å². The van der Waals surface area contributed by atoms with E-state index in [-0.39, 0.29) is 12.1 Å². The number of ether oxygens (including phenoxy) is 1. The normalized spacial score (nSPS) is 23.6. The Hall–Kier alpha value is -1.52. The van der Waals surface area contributed by atoms with E-state index in [0.717, 1.165) is 18.5 Å². The summed E-state index contributed by atoms with van der Waals surface area (Å²) in [6, 6.07) is 0.234. The molecular formula is C16H27N3O2. The molecule has 1 aromatic rings. The first-order valence-corrected chi connectivity index (χ1v) is 7.99. The molecule has 1 heterocycles. The topological polar surface area (TPSA) is 56.1 Å². The van der Waals surface area contributed by atoms with E-state index >= 15 is 0 Å². The van der Waals surface area contributed by atoms with Crippen molar-refractivity contribution < 1.29 is 9.53 Å². The van der Waals surface area contributed by atoms with Crippen LogP contribution in [0, 0.1) is 18.8 Å². The minimum Gasteiger partial charge on any atom is -0.407 e. The summed E-state index contributed by atoms with van der Waals surface area (Å²) in [7, 11) is 1.82. The maximum absolute atomic E-state index is 12.1. The molecule has 118 valence electrons. The van der Waals surface area contributed by atoms with Crippen LogP contribution in [0.4, 0.5) is 4.79 Å². The van der Waals surface area contributed by atoms with Crippen LogP contribution in [0.5, 0.6) is 5.75 Å². The Labute approximate surface area is 127 Å². The fraction of sp³-hybridized carbons (Fsp3) is 0.750. The molecule has 0 aliphatic heterocycles. The molecular weight excluding hydrogens is 266 g/mol. The van der Waals surface area contributed by atoms with Gasteiger partial charge in [0.2, 0.25) is 0 Å². The van der Waals surface area contributed by atoms with Gasteiger partial charge in [-0.1, -0.05) is 33.1 Å². The number of amides is 1. The molecule has 1 saturated carbocycles. The van der Waals surface area contributed by atoms with Crippen LogP contribution in [0.2, 0.25) is 0 Å². The van der Waals surface area contributed by atoms with Gasteiger partial charge in [-0.25, -0.2) is 4.79 Å². The van der Waals surface area contributed by atoms with Crippen molar-refractivity contribution in [3.8, 4) is 5.75 Å². The summed E-state index contributed by atoms with van der Waals surface area (Å²) >= 11 is 0. The molecule has 1 aliphatic rings. The first-order valence-electron chi connectivity index (χ1n) is 7.99. The number of hydrogen-bond acceptors (Lipinski definition) is 3. The molecule has 1 aliphatic carbocycles. The third-order valence-corrected chi connectivity index (χ3v) is 4.67. The molecule has 0 aromatic carbocycles. The Balaban J connectivity index is 1.95. The molecule has 21 heavy (non-hydrogen) atoms. The van der Waals surface area contributed by atoms with Gasteiger partial charge < -0.3 is 10.1 Å². The van der Waals surface area contributed by atoms with E-state index in [1.807, 2.05) is 14.0 Å². The predicted octanol–water partition coefficient (Wildman–Crippen LogP) is 3.42. The Morgan fingerprint density at radius 1 is 1.52 bits per heavy atom. The summed E-state index contributed by atoms with van der Waals surface area (Å²) in [5.41, 5.74) is 0.731. The van der Waals surface area contributed by atoms with Gasteiger partial charge in [-0.15, -0.1) is 0 Å². The molecule has 0 bridgehead atoms. The molecule has 1 fully saturated rings. The number of nitrogens with one attached hydrogen (secondary N) is 1. The Kier molecular flexibility index (Phi) is 5.26. The maximum atomic E-state index is 12.1. The van der Waals surface area contributed by atoms with Crippen molar-refractivity contribution in [3.05, 3.63) is 11.9 Å². The highest BCUT2D eigenvalue weighted by molar-refractivity contribution is 5.70. The van der Waals surface area contributed by atoms with Gasteiger partial charge in [0.1, 0.15) is 5.69 Å². The second kappa shape index (κ2) is 6.96. The highest BCUT2D eigenvalue weighted by atomic mass is 16.6. The molecule has 2 rings (SSSR count). The number of carbonyl (C=O) groups excluding carboxylic acids is 1. The highest BCUT2D eigenvalue weighted by Crippen LogP contribution is 2.32. The van der Waals surface area contributed by atoms with Crippen LogP contribution >= 0.6 is 0 Å². The molecule has 0 radical (unpaired) electrons. The lowest BCUT2D eigenvalue weighted by Gasteiger charge is -2.35. The monoisotopic (exact) mass is 293 g/mol. The fourth-order valence-corrected chi connectivity index (χ4v) is 3.28. The largest absolute Gasteiger partial charge is 0.412 e. The number of nitrogens with zero attached hydrogens (tertiary/aromatic N) is 2. The minimum atomic E-state index is -0.355. The van der Waals surface area contributed by atoms with E-state index in [2.05, 4.69) is 24.3 Å². The van der Waals surface area contributed by atoms with E-state index in [9.17, 15) is 4.79 Å². The maximum Gasteiger partial charge on any atom is 0.412 e. The summed E-state index contributed by atoms with van der Waals surface area (Å²) in [6.07, 6.45) is 7.23. The quantitative estimate of drug-likeness (QED) is 0.925. The molecule has 0 spiro atoms. The zero-order chi connectivity index (χ0) is 15.4. The number of carbonyl (C=O) groups is 1. The predicted molar refractivity (Wildman–Crippen MR) is 82.3 cm³/mol. The molecule has 0 saturated heterocycles. The molecule has 1 N–H and O–H groups in total. The van der Waals surface area contributed by atoms with Crippen molar-refractivity contribution >= 4 is 6.09 Å². The molecule has 1 amide bonds. The summed E-state index contributed by atoms with van der Waals surface area (Å²) in [5.74, 6) is 1.73. The first-order chi connectivity index (χ1) is 10.0. The van der Waals surface area contributed by atoms with Crippen LogP contribution in [0.25, 0.3) is 0 Å². The molecule has 3 unspecified atom stereocenters. The zero-order valence-electron chi connectivity index (χ0n) is 13.6. The highest BCUT2D eigenvalue weighted by Gasteiger charge is 2.30. The lowest BCUT2D eigenvalue weighted by atomic mass is 9.76. The van der Waals surface area contributed by atoms with E-state index in [1.165, 1.54) is 19.3 Å². The van der Waals surface area contributed by atoms with Gasteiger partial charge in [-0.3, -0.25) is 4.68 Å². The van der Waals surface area contributed by atoms with Crippen molar-refractivity contribution in [3.63, 3.8) is 0 Å². The Bertz CT molecular complexity index is 484. The third kappa shape index (κ3) is 3.99. The summed E-state index contributed by atoms with van der Waals surface area (Å²) in [6.45, 7) is 6.33. The van der Waals surface area contributed by atoms with Crippen molar-refractivity contribution in [2.75, 3.05) is 0 Å². The number of aryl methyl sites for hydroxylation is 2. The molecule has 5 heteroatoms. The van der Waals surface area contributed by atoms with E-state index in [4.69, 9.17) is 4.74 Å². The van der Waals surface area contributed by atoms with Gasteiger partial charge >= 0.3 is 6.09 Å². The van der Waals surface area contributed by atoms with Gasteiger partial charge in [0, 0.05) is 13.1 Å². The van der Waals surface area contributed by atoms with Crippen molar-refractivity contribution in [1.29, 1.82) is 0 Å². The molecule has 1 aromatic heterocycles. The summed E-state index contributed by atoms with van der Waals surface area (Å²) < 4.78 is 7.05. The van der Waals surface area contributed by atoms with Crippen LogP contribution in [-0.4, -0.2) is 21.9 Å². The third-order valence-electron chi connectivity index (χ3n) is 4.67. The first kappa shape index (κ1) is 15.9. The number of hydrogen-bond donors (Lipinski definition) is 1. The second-order valence-corrected chi connectivity index (χ2v) is 6.23. The van der Waals surface area contributed by atoms with Gasteiger partial charge in [-0.2, -0.15) is 5.10 Å². The van der Waals surface area contributed by atoms with Gasteiger partial charge in [0.15, 0.2) is 5.75 Å². The molecule has 3 atom stereocenters. The Morgan fingerprint density at radius 3 is 2.86 bits per heavy atom. The SMILES string of the molecule is CCC(C)C1CCCCC1NC(=O)Oc1cn(C)nc1C. The van der Waals surface area contributed by atoms with E-state index < -0.39 is 0 Å². The standard InChI is InChI=1S/C16H27N3O2/c1-5-11(2)13-8-6-7-9-14(13)17-16(20)21-15-10-19(4)18-12(15)3/h10-11,13-14H,5-9H2,1-4H3,(H,17,20). The summed E-state index contributed by atoms with van der Waals surface area (Å²) in [5, 5.41) is 7.25. The van der Waals surface area contributed by atoms with Gasteiger partial charge in [0.25, 0.3) is 0 Å². The van der Waals surface area contributed by atoms with E-state index in [0.29, 0.717) is 17.6 Å². The van der Waals surface area contributed by atoms with E-state index in [1.54, 1.807) is 10.9 Å². The van der Waals surface area contributed by atoms with Crippen LogP contribution in [0.1, 0.15) is 51.6 Å². The number of aromatic nitrogens is 2. The van der Waals surface area contributed by atoms with Crippen molar-refractivity contribution in [2.24, 2.45) is 18.9 Å². The second-order valence-electron chi connectivity index (χ2n) is 6.23. The minimum absolute atomic E-state index is 0.234. The van der Waals surface area contributed by atoms with Gasteiger partial charge in [-0.05, 0) is 31.6 Å². The average molecular weight is 293 g/mol. The van der Waals surface area contributed by atoms with Crippen LogP contribution < -0.4 is 10.1 Å². The van der Waals surface area contributed by atoms with Gasteiger partial charge in [0.05, 0.1) is 6.20 Å². The number of rotatable bonds is 4.